The van der Waals surface area contributed by atoms with Gasteiger partial charge >= 0.3 is 6.03 Å². The number of ether oxygens (including phenoxy) is 1. The number of urea groups is 1. The van der Waals surface area contributed by atoms with E-state index in [0.29, 0.717) is 24.9 Å². The number of nitrogens with zero attached hydrogens (tertiary/aromatic N) is 2. The van der Waals surface area contributed by atoms with Gasteiger partial charge in [0.2, 0.25) is 0 Å². The minimum absolute atomic E-state index is 0.0251. The second-order valence-electron chi connectivity index (χ2n) is 8.87. The Morgan fingerprint density at radius 1 is 1.03 bits per heavy atom. The van der Waals surface area contributed by atoms with Crippen LogP contribution in [0.25, 0.3) is 0 Å². The molecule has 0 unspecified atom stereocenters. The third-order valence-corrected chi connectivity index (χ3v) is 8.12. The van der Waals surface area contributed by atoms with Crippen LogP contribution in [0.3, 0.4) is 0 Å². The Bertz CT molecular complexity index is 1110. The molecule has 2 saturated heterocycles. The van der Waals surface area contributed by atoms with Gasteiger partial charge in [-0.25, -0.2) is 22.3 Å². The van der Waals surface area contributed by atoms with E-state index in [-0.39, 0.29) is 21.8 Å². The first kappa shape index (κ1) is 24.8. The van der Waals surface area contributed by atoms with Crippen molar-refractivity contribution in [2.75, 3.05) is 26.2 Å². The molecule has 0 bridgehead atoms. The van der Waals surface area contributed by atoms with Crippen molar-refractivity contribution in [3.05, 3.63) is 58.9 Å². The number of likely N-dealkylation sites (tertiary alicyclic amines) is 2. The number of sulfonamides is 1. The van der Waals surface area contributed by atoms with Crippen molar-refractivity contribution >= 4 is 27.7 Å². The van der Waals surface area contributed by atoms with E-state index < -0.39 is 16.1 Å². The number of carbonyl (C=O) groups is 1. The quantitative estimate of drug-likeness (QED) is 0.653. The molecule has 184 valence electrons. The highest BCUT2D eigenvalue weighted by Gasteiger charge is 2.31. The summed E-state index contributed by atoms with van der Waals surface area (Å²) >= 11 is 6.07. The minimum atomic E-state index is -3.89. The van der Waals surface area contributed by atoms with Crippen molar-refractivity contribution in [3.8, 4) is 5.75 Å². The molecule has 7 nitrogen and oxygen atoms in total. The van der Waals surface area contributed by atoms with Crippen LogP contribution in [-0.2, 0) is 10.0 Å². The Morgan fingerprint density at radius 3 is 2.29 bits per heavy atom. The van der Waals surface area contributed by atoms with Crippen molar-refractivity contribution < 1.29 is 22.3 Å². The van der Waals surface area contributed by atoms with Crippen LogP contribution in [0.1, 0.15) is 31.2 Å². The van der Waals surface area contributed by atoms with E-state index in [9.17, 15) is 17.6 Å². The fourth-order valence-electron chi connectivity index (χ4n) is 4.50. The number of carbonyl (C=O) groups excluding carboxylic acids is 1. The number of hydrogen-bond acceptors (Lipinski definition) is 5. The van der Waals surface area contributed by atoms with Crippen LogP contribution in [-0.4, -0.2) is 62.6 Å². The molecule has 0 aliphatic carbocycles. The summed E-state index contributed by atoms with van der Waals surface area (Å²) < 4.78 is 46.4. The van der Waals surface area contributed by atoms with Crippen molar-refractivity contribution in [1.82, 2.24) is 14.5 Å². The largest absolute Gasteiger partial charge is 0.489 e. The lowest BCUT2D eigenvalue weighted by Crippen LogP contribution is -2.52. The van der Waals surface area contributed by atoms with Gasteiger partial charge in [-0.3, -0.25) is 4.90 Å². The summed E-state index contributed by atoms with van der Waals surface area (Å²) in [6, 6.07) is 10.3. The molecule has 0 spiro atoms. The van der Waals surface area contributed by atoms with E-state index in [2.05, 4.69) is 9.62 Å². The number of nitrogens with one attached hydrogen (secondary N) is 1. The topological polar surface area (TPSA) is 79.0 Å². The van der Waals surface area contributed by atoms with Crippen LogP contribution in [0, 0.1) is 12.7 Å². The third-order valence-electron chi connectivity index (χ3n) is 6.49. The van der Waals surface area contributed by atoms with Gasteiger partial charge in [0.05, 0.1) is 9.92 Å². The summed E-state index contributed by atoms with van der Waals surface area (Å²) in [5.74, 6) is 0.112. The van der Waals surface area contributed by atoms with E-state index in [1.165, 1.54) is 24.3 Å². The van der Waals surface area contributed by atoms with Crippen LogP contribution >= 0.6 is 11.6 Å². The molecule has 2 aliphatic heterocycles. The second kappa shape index (κ2) is 10.5. The molecule has 2 aromatic rings. The highest BCUT2D eigenvalue weighted by molar-refractivity contribution is 7.90. The predicted molar refractivity (Wildman–Crippen MR) is 128 cm³/mol. The number of piperidine rings is 2. The van der Waals surface area contributed by atoms with E-state index in [1.807, 2.05) is 6.92 Å². The predicted octanol–water partition coefficient (Wildman–Crippen LogP) is 4.19. The number of amides is 2. The fourth-order valence-corrected chi connectivity index (χ4v) is 5.68. The molecule has 0 atom stereocenters. The summed E-state index contributed by atoms with van der Waals surface area (Å²) in [5.41, 5.74) is 0.946. The molecule has 34 heavy (non-hydrogen) atoms. The van der Waals surface area contributed by atoms with Gasteiger partial charge in [-0.2, -0.15) is 0 Å². The lowest BCUT2D eigenvalue weighted by Gasteiger charge is -2.41. The lowest BCUT2D eigenvalue weighted by atomic mass is 9.99. The summed E-state index contributed by atoms with van der Waals surface area (Å²) in [5, 5.41) is 0.275. The zero-order valence-electron chi connectivity index (χ0n) is 19.0. The smallest absolute Gasteiger partial charge is 0.331 e. The maximum absolute atomic E-state index is 13.2. The van der Waals surface area contributed by atoms with E-state index >= 15 is 0 Å². The van der Waals surface area contributed by atoms with Gasteiger partial charge in [-0.05, 0) is 62.9 Å². The SMILES string of the molecule is Cc1ccc(S(=O)(=O)NC(=O)N2CCC(N3CCC(Oc4ccc(F)cc4Cl)CC3)CC2)cc1. The van der Waals surface area contributed by atoms with Crippen LogP contribution < -0.4 is 9.46 Å². The molecule has 2 aromatic carbocycles. The van der Waals surface area contributed by atoms with Gasteiger partial charge in [0.25, 0.3) is 10.0 Å². The fraction of sp³-hybridized carbons (Fsp3) is 0.458. The molecule has 10 heteroatoms. The molecule has 2 amide bonds. The first-order chi connectivity index (χ1) is 16.2. The van der Waals surface area contributed by atoms with E-state index in [0.717, 1.165) is 44.3 Å². The number of hydrogen-bond donors (Lipinski definition) is 1. The Morgan fingerprint density at radius 2 is 1.68 bits per heavy atom. The average molecular weight is 510 g/mol. The van der Waals surface area contributed by atoms with Gasteiger partial charge in [0.15, 0.2) is 0 Å². The number of aryl methyl sites for hydroxylation is 1. The summed E-state index contributed by atoms with van der Waals surface area (Å²) in [6.45, 7) is 4.60. The zero-order chi connectivity index (χ0) is 24.3. The summed E-state index contributed by atoms with van der Waals surface area (Å²) in [6.07, 6.45) is 3.27. The molecule has 2 fully saturated rings. The van der Waals surface area contributed by atoms with Gasteiger partial charge in [0, 0.05) is 32.2 Å². The zero-order valence-corrected chi connectivity index (χ0v) is 20.6. The Balaban J connectivity index is 1.23. The van der Waals surface area contributed by atoms with Crippen molar-refractivity contribution in [3.63, 3.8) is 0 Å². The van der Waals surface area contributed by atoms with Crippen LogP contribution in [0.15, 0.2) is 47.4 Å². The second-order valence-corrected chi connectivity index (χ2v) is 11.0. The van der Waals surface area contributed by atoms with Crippen molar-refractivity contribution in [1.29, 1.82) is 0 Å². The maximum Gasteiger partial charge on any atom is 0.331 e. The molecule has 0 radical (unpaired) electrons. The monoisotopic (exact) mass is 509 g/mol. The number of rotatable bonds is 5. The highest BCUT2D eigenvalue weighted by Crippen LogP contribution is 2.29. The van der Waals surface area contributed by atoms with Gasteiger partial charge in [0.1, 0.15) is 17.7 Å². The lowest BCUT2D eigenvalue weighted by molar-refractivity contribution is 0.0540. The molecule has 0 aromatic heterocycles. The maximum atomic E-state index is 13.2. The standard InChI is InChI=1S/C24H29ClFN3O4S/c1-17-2-5-21(6-3-17)34(31,32)27-24(30)29-12-8-19(9-13-29)28-14-10-20(11-15-28)33-23-7-4-18(26)16-22(23)25/h2-7,16,19-20H,8-15H2,1H3,(H,27,30). The normalized spacial score (nSPS) is 18.6. The first-order valence-electron chi connectivity index (χ1n) is 11.5. The van der Waals surface area contributed by atoms with Crippen LogP contribution in [0.5, 0.6) is 5.75 Å². The summed E-state index contributed by atoms with van der Waals surface area (Å²) in [7, 11) is -3.89. The Hall–Kier alpha value is -2.36. The number of benzene rings is 2. The van der Waals surface area contributed by atoms with Crippen molar-refractivity contribution in [2.24, 2.45) is 0 Å². The molecular weight excluding hydrogens is 481 g/mol. The molecular formula is C24H29ClFN3O4S. The van der Waals surface area contributed by atoms with E-state index in [1.54, 1.807) is 23.1 Å². The molecule has 0 saturated carbocycles. The Kier molecular flexibility index (Phi) is 7.64. The highest BCUT2D eigenvalue weighted by atomic mass is 35.5. The van der Waals surface area contributed by atoms with Gasteiger partial charge in [-0.1, -0.05) is 29.3 Å². The summed E-state index contributed by atoms with van der Waals surface area (Å²) in [4.78, 5) is 16.6. The first-order valence-corrected chi connectivity index (χ1v) is 13.3. The molecule has 1 N–H and O–H groups in total. The molecule has 2 aliphatic rings. The minimum Gasteiger partial charge on any atom is -0.489 e. The van der Waals surface area contributed by atoms with Gasteiger partial charge in [-0.15, -0.1) is 0 Å². The van der Waals surface area contributed by atoms with Crippen LogP contribution in [0.4, 0.5) is 9.18 Å². The van der Waals surface area contributed by atoms with Crippen molar-refractivity contribution in [2.45, 2.75) is 49.6 Å². The average Bonchev–Trinajstić information content (AvgIpc) is 2.81. The Labute approximate surface area is 204 Å². The van der Waals surface area contributed by atoms with E-state index in [4.69, 9.17) is 16.3 Å². The van der Waals surface area contributed by atoms with Crippen LogP contribution in [0.2, 0.25) is 5.02 Å². The molecule has 4 rings (SSSR count). The van der Waals surface area contributed by atoms with Gasteiger partial charge < -0.3 is 9.64 Å². The molecule has 2 heterocycles. The third kappa shape index (κ3) is 6.00. The number of halogens is 2.